The quantitative estimate of drug-likeness (QED) is 0.151. The lowest BCUT2D eigenvalue weighted by Crippen LogP contribution is -2.39. The van der Waals surface area contributed by atoms with Crippen LogP contribution in [0.1, 0.15) is 46.7 Å². The summed E-state index contributed by atoms with van der Waals surface area (Å²) in [4.78, 5) is 25.6. The van der Waals surface area contributed by atoms with Gasteiger partial charge in [0.15, 0.2) is 5.78 Å². The maximum absolute atomic E-state index is 15.6. The Morgan fingerprint density at radius 1 is 0.902 bits per heavy atom. The molecule has 1 saturated carbocycles. The highest BCUT2D eigenvalue weighted by Crippen LogP contribution is 2.50. The van der Waals surface area contributed by atoms with Crippen LogP contribution in [0.15, 0.2) is 54.6 Å². The number of hydrogen-bond acceptors (Lipinski definition) is 2. The molecule has 13 heteroatoms. The van der Waals surface area contributed by atoms with Gasteiger partial charge in [-0.25, -0.2) is 4.39 Å². The largest absolute Gasteiger partial charge is 0.405 e. The van der Waals surface area contributed by atoms with Crippen molar-refractivity contribution >= 4 is 63.1 Å². The van der Waals surface area contributed by atoms with Crippen LogP contribution in [0.3, 0.4) is 0 Å². The molecule has 3 aromatic rings. The lowest BCUT2D eigenvalue weighted by atomic mass is 9.90. The van der Waals surface area contributed by atoms with Gasteiger partial charge in [-0.2, -0.15) is 26.3 Å². The number of amides is 1. The number of alkyl halides is 6. The molecule has 1 aliphatic rings. The molecule has 1 fully saturated rings. The van der Waals surface area contributed by atoms with E-state index < -0.39 is 53.3 Å². The van der Waals surface area contributed by atoms with Crippen LogP contribution in [-0.2, 0) is 4.79 Å². The number of Topliss-reactive ketones (excluding diaryl/α,β-unsaturated/α-hetero) is 1. The minimum absolute atomic E-state index is 0.0516. The normalized spacial score (nSPS) is 16.0. The predicted octanol–water partition coefficient (Wildman–Crippen LogP) is 9.49. The van der Waals surface area contributed by atoms with Gasteiger partial charge in [-0.3, -0.25) is 9.59 Å². The minimum Gasteiger partial charge on any atom is -0.346 e. The van der Waals surface area contributed by atoms with Gasteiger partial charge in [0, 0.05) is 17.5 Å². The molecule has 218 valence electrons. The monoisotopic (exact) mass is 639 g/mol. The van der Waals surface area contributed by atoms with Gasteiger partial charge in [0.2, 0.25) is 5.91 Å². The lowest BCUT2D eigenvalue weighted by Gasteiger charge is -2.19. The Hall–Kier alpha value is -2.82. The third-order valence-electron chi connectivity index (χ3n) is 6.80. The zero-order valence-electron chi connectivity index (χ0n) is 20.7. The van der Waals surface area contributed by atoms with Crippen molar-refractivity contribution in [1.29, 1.82) is 0 Å². The van der Waals surface area contributed by atoms with Crippen molar-refractivity contribution in [3.05, 3.63) is 86.4 Å². The molecule has 3 aromatic carbocycles. The Kier molecular flexibility index (Phi) is 8.70. The van der Waals surface area contributed by atoms with Crippen LogP contribution in [0.5, 0.6) is 0 Å². The van der Waals surface area contributed by atoms with Crippen molar-refractivity contribution in [3.63, 3.8) is 0 Å². The Labute approximate surface area is 244 Å². The Morgan fingerprint density at radius 2 is 1.44 bits per heavy atom. The Morgan fingerprint density at radius 3 is 1.95 bits per heavy atom. The van der Waals surface area contributed by atoms with Gasteiger partial charge in [0.1, 0.15) is 18.3 Å². The molecule has 0 aromatic heterocycles. The molecule has 0 spiro atoms. The molecule has 1 aliphatic carbocycles. The van der Waals surface area contributed by atoms with Crippen molar-refractivity contribution in [3.8, 4) is 0 Å². The first-order chi connectivity index (χ1) is 19.0. The summed E-state index contributed by atoms with van der Waals surface area (Å²) in [5.74, 6) is -5.15. The first-order valence-corrected chi connectivity index (χ1v) is 13.1. The second-order valence-corrected chi connectivity index (χ2v) is 10.9. The molecule has 1 amide bonds. The highest BCUT2D eigenvalue weighted by atomic mass is 35.5. The molecule has 0 bridgehead atoms. The van der Waals surface area contributed by atoms with Gasteiger partial charge in [0.25, 0.3) is 0 Å². The summed E-state index contributed by atoms with van der Waals surface area (Å²) in [5, 5.41) is 1.48. The van der Waals surface area contributed by atoms with Gasteiger partial charge in [0.05, 0.1) is 20.5 Å². The van der Waals surface area contributed by atoms with Crippen molar-refractivity contribution in [2.75, 3.05) is 6.54 Å². The molecule has 0 radical (unpaired) electrons. The fourth-order valence-corrected chi connectivity index (χ4v) is 5.14. The van der Waals surface area contributed by atoms with E-state index in [1.165, 1.54) is 30.3 Å². The lowest BCUT2D eigenvalue weighted by molar-refractivity contribution is -0.141. The summed E-state index contributed by atoms with van der Waals surface area (Å²) in [5.41, 5.74) is -1.91. The fourth-order valence-electron chi connectivity index (χ4n) is 4.53. The van der Waals surface area contributed by atoms with E-state index in [1.807, 2.05) is 5.32 Å². The maximum atomic E-state index is 15.6. The number of fused-ring (bicyclic) bond motifs is 1. The number of rotatable bonds is 8. The fraction of sp³-hybridized carbons (Fsp3) is 0.286. The summed E-state index contributed by atoms with van der Waals surface area (Å²) in [6, 6.07) is 10.1. The Bertz CT molecular complexity index is 1520. The summed E-state index contributed by atoms with van der Waals surface area (Å²) < 4.78 is 95.2. The van der Waals surface area contributed by atoms with E-state index in [-0.39, 0.29) is 56.2 Å². The minimum atomic E-state index is -4.94. The first-order valence-electron chi connectivity index (χ1n) is 12.0. The van der Waals surface area contributed by atoms with Gasteiger partial charge < -0.3 is 5.32 Å². The standard InChI is InChI=1S/C28H19Cl3F7NO2/c29-20-9-14(10-21(30)24(20)31)19(28(36,37)38)11-22(32)17-5-6-18(16-4-2-1-3-15(16)17)23(40)12-26(7-8-26)25(41)39-13-27(33,34)35/h1-6,9-11,19H,7-8,12-13H2,(H,39,41)/b22-11-. The SMILES string of the molecule is O=C(CC1(C(=O)NCC(F)(F)F)CC1)c1ccc(/C(F)=C/C(c2cc(Cl)c(Cl)c(Cl)c2)C(F)(F)F)c2ccccc12. The molecule has 4 rings (SSSR count). The van der Waals surface area contributed by atoms with E-state index in [2.05, 4.69) is 0 Å². The van der Waals surface area contributed by atoms with E-state index in [1.54, 1.807) is 0 Å². The van der Waals surface area contributed by atoms with Crippen LogP contribution in [0.4, 0.5) is 30.7 Å². The molecular formula is C28H19Cl3F7NO2. The highest BCUT2D eigenvalue weighted by Gasteiger charge is 2.51. The predicted molar refractivity (Wildman–Crippen MR) is 143 cm³/mol. The topological polar surface area (TPSA) is 46.2 Å². The summed E-state index contributed by atoms with van der Waals surface area (Å²) in [6.45, 7) is -1.53. The van der Waals surface area contributed by atoms with Gasteiger partial charge in [-0.05, 0) is 47.4 Å². The molecular weight excluding hydrogens is 622 g/mol. The number of benzene rings is 3. The zero-order chi connectivity index (χ0) is 30.3. The van der Waals surface area contributed by atoms with Crippen LogP contribution in [0.2, 0.25) is 15.1 Å². The van der Waals surface area contributed by atoms with Crippen LogP contribution in [-0.4, -0.2) is 30.6 Å². The van der Waals surface area contributed by atoms with E-state index >= 15 is 4.39 Å². The van der Waals surface area contributed by atoms with Crippen molar-refractivity contribution in [2.24, 2.45) is 5.41 Å². The molecule has 0 aliphatic heterocycles. The highest BCUT2D eigenvalue weighted by molar-refractivity contribution is 6.48. The molecule has 41 heavy (non-hydrogen) atoms. The number of carbonyl (C=O) groups is 2. The van der Waals surface area contributed by atoms with E-state index in [0.717, 1.165) is 18.2 Å². The van der Waals surface area contributed by atoms with E-state index in [0.29, 0.717) is 6.08 Å². The second kappa shape index (κ2) is 11.5. The van der Waals surface area contributed by atoms with Crippen LogP contribution < -0.4 is 5.32 Å². The van der Waals surface area contributed by atoms with Crippen LogP contribution in [0.25, 0.3) is 16.6 Å². The van der Waals surface area contributed by atoms with E-state index in [9.17, 15) is 35.9 Å². The number of carbonyl (C=O) groups excluding carboxylic acids is 2. The number of halogens is 10. The molecule has 1 unspecified atom stereocenters. The second-order valence-electron chi connectivity index (χ2n) is 9.72. The van der Waals surface area contributed by atoms with E-state index in [4.69, 9.17) is 34.8 Å². The average Bonchev–Trinajstić information content (AvgIpc) is 3.67. The number of hydrogen-bond donors (Lipinski definition) is 1. The molecule has 0 saturated heterocycles. The number of ketones is 1. The third-order valence-corrected chi connectivity index (χ3v) is 7.99. The third kappa shape index (κ3) is 6.98. The molecule has 1 N–H and O–H groups in total. The van der Waals surface area contributed by atoms with Gasteiger partial charge in [-0.1, -0.05) is 71.2 Å². The molecule has 3 nitrogen and oxygen atoms in total. The maximum Gasteiger partial charge on any atom is 0.405 e. The smallest absolute Gasteiger partial charge is 0.346 e. The van der Waals surface area contributed by atoms with Crippen molar-refractivity contribution in [2.45, 2.75) is 37.5 Å². The van der Waals surface area contributed by atoms with Crippen molar-refractivity contribution < 1.29 is 40.3 Å². The van der Waals surface area contributed by atoms with Gasteiger partial charge in [-0.15, -0.1) is 0 Å². The van der Waals surface area contributed by atoms with Gasteiger partial charge >= 0.3 is 12.4 Å². The first kappa shape index (κ1) is 31.1. The van der Waals surface area contributed by atoms with Crippen molar-refractivity contribution in [1.82, 2.24) is 5.32 Å². The molecule has 1 atom stereocenters. The van der Waals surface area contributed by atoms with Crippen LogP contribution in [0, 0.1) is 5.41 Å². The Balaban J connectivity index is 1.68. The average molecular weight is 641 g/mol. The summed E-state index contributed by atoms with van der Waals surface area (Å²) in [6.07, 6.45) is -9.14. The van der Waals surface area contributed by atoms with Crippen LogP contribution >= 0.6 is 34.8 Å². The zero-order valence-corrected chi connectivity index (χ0v) is 23.0. The number of nitrogens with one attached hydrogen (secondary N) is 1. The molecule has 0 heterocycles. The summed E-state index contributed by atoms with van der Waals surface area (Å²) >= 11 is 17.6. The summed E-state index contributed by atoms with van der Waals surface area (Å²) in [7, 11) is 0. The number of allylic oxidation sites excluding steroid dienone is 1.